The molecule has 22 heteroatoms. The van der Waals surface area contributed by atoms with E-state index in [1.807, 2.05) is 0 Å². The van der Waals surface area contributed by atoms with Crippen molar-refractivity contribution in [1.29, 1.82) is 0 Å². The SMILES string of the molecule is COC(=O)c1ccc(OC2CC2)c(S(=O)(=O)N2CCOCC(O)C2)c1.O=C(O)c1ccc(OC2CC2)c(S(=O)(=O)N2CCOCC(O)C2)c1.OC1CCCO1.[Li+].[OH-]. The first-order chi connectivity index (χ1) is 26.2. The van der Waals surface area contributed by atoms with E-state index in [2.05, 4.69) is 4.74 Å². The Morgan fingerprint density at radius 3 is 1.54 bits per heavy atom. The van der Waals surface area contributed by atoms with Gasteiger partial charge in [0, 0.05) is 39.2 Å². The summed E-state index contributed by atoms with van der Waals surface area (Å²) in [4.78, 5) is 22.7. The number of methoxy groups -OCH3 is 1. The summed E-state index contributed by atoms with van der Waals surface area (Å²) >= 11 is 0. The Balaban J connectivity index is 0.000000258. The number of hydrogen-bond acceptors (Lipinski definition) is 16. The Hall–Kier alpha value is -2.88. The second-order valence-corrected chi connectivity index (χ2v) is 17.2. The Labute approximate surface area is 343 Å². The first kappa shape index (κ1) is 48.5. The van der Waals surface area contributed by atoms with Gasteiger partial charge in [-0.2, -0.15) is 8.61 Å². The van der Waals surface area contributed by atoms with Crippen LogP contribution in [0.25, 0.3) is 0 Å². The number of hydrogen-bond donors (Lipinski definition) is 4. The average Bonchev–Trinajstić information content (AvgIpc) is 4.09. The van der Waals surface area contributed by atoms with Crippen molar-refractivity contribution in [1.82, 2.24) is 8.61 Å². The molecule has 5 N–H and O–H groups in total. The number of ether oxygens (including phenoxy) is 6. The third-order valence-corrected chi connectivity index (χ3v) is 12.5. The molecule has 0 aromatic heterocycles. The van der Waals surface area contributed by atoms with E-state index in [4.69, 9.17) is 33.9 Å². The molecule has 19 nitrogen and oxygen atoms in total. The molecule has 314 valence electrons. The maximum atomic E-state index is 13.1. The van der Waals surface area contributed by atoms with Crippen LogP contribution in [0.3, 0.4) is 0 Å². The number of β-amino-alcohol motifs (C(OH)–C–C–N with tert-alkyl or cyclic N) is 2. The number of carbonyl (C=O) groups is 2. The Morgan fingerprint density at radius 1 is 0.719 bits per heavy atom. The van der Waals surface area contributed by atoms with E-state index in [1.165, 1.54) is 37.4 Å². The van der Waals surface area contributed by atoms with E-state index < -0.39 is 50.5 Å². The summed E-state index contributed by atoms with van der Waals surface area (Å²) in [5, 5.41) is 37.3. The van der Waals surface area contributed by atoms with Gasteiger partial charge in [-0.05, 0) is 68.5 Å². The smallest absolute Gasteiger partial charge is 0.870 e. The number of esters is 1. The van der Waals surface area contributed by atoms with Crippen LogP contribution in [0.1, 0.15) is 59.2 Å². The molecular formula is C35H49LiN2O17S2. The quantitative estimate of drug-likeness (QED) is 0.144. The Kier molecular flexibility index (Phi) is 18.7. The number of nitrogens with zero attached hydrogens (tertiary/aromatic N) is 2. The number of rotatable bonds is 10. The molecule has 7 rings (SSSR count). The first-order valence-corrected chi connectivity index (χ1v) is 20.8. The predicted octanol–water partition coefficient (Wildman–Crippen LogP) is -2.35. The Bertz CT molecular complexity index is 1850. The van der Waals surface area contributed by atoms with Crippen LogP contribution in [-0.2, 0) is 39.0 Å². The summed E-state index contributed by atoms with van der Waals surface area (Å²) in [7, 11) is -6.76. The zero-order chi connectivity index (χ0) is 39.8. The molecule has 0 amide bonds. The zero-order valence-electron chi connectivity index (χ0n) is 31.8. The van der Waals surface area contributed by atoms with Crippen LogP contribution in [0.5, 0.6) is 11.5 Å². The molecule has 3 heterocycles. The molecule has 0 radical (unpaired) electrons. The monoisotopic (exact) mass is 840 g/mol. The molecule has 0 bridgehead atoms. The van der Waals surface area contributed by atoms with Gasteiger partial charge in [-0.1, -0.05) is 0 Å². The van der Waals surface area contributed by atoms with Crippen molar-refractivity contribution in [2.45, 2.75) is 79.0 Å². The van der Waals surface area contributed by atoms with Crippen LogP contribution in [0.2, 0.25) is 0 Å². The summed E-state index contributed by atoms with van der Waals surface area (Å²) in [6.45, 7) is 1.24. The number of sulfonamides is 2. The minimum absolute atomic E-state index is 0. The molecule has 2 saturated carbocycles. The minimum atomic E-state index is -4.02. The van der Waals surface area contributed by atoms with Crippen LogP contribution in [0.15, 0.2) is 46.2 Å². The van der Waals surface area contributed by atoms with Gasteiger partial charge < -0.3 is 54.3 Å². The topological polar surface area (TPSA) is 275 Å². The molecule has 3 aliphatic heterocycles. The van der Waals surface area contributed by atoms with Crippen LogP contribution < -0.4 is 28.3 Å². The molecule has 5 aliphatic rings. The van der Waals surface area contributed by atoms with Crippen LogP contribution >= 0.6 is 0 Å². The van der Waals surface area contributed by atoms with Gasteiger partial charge in [0.05, 0.1) is 69.1 Å². The molecule has 5 fully saturated rings. The van der Waals surface area contributed by atoms with Gasteiger partial charge >= 0.3 is 30.8 Å². The van der Waals surface area contributed by atoms with E-state index in [0.717, 1.165) is 59.8 Å². The van der Waals surface area contributed by atoms with E-state index in [1.54, 1.807) is 0 Å². The summed E-state index contributed by atoms with van der Waals surface area (Å²) in [5.74, 6) is -1.51. The minimum Gasteiger partial charge on any atom is -0.870 e. The maximum absolute atomic E-state index is 13.1. The van der Waals surface area contributed by atoms with Gasteiger partial charge in [-0.25, -0.2) is 26.4 Å². The van der Waals surface area contributed by atoms with Crippen molar-refractivity contribution in [3.05, 3.63) is 47.5 Å². The van der Waals surface area contributed by atoms with Gasteiger partial charge in [0.1, 0.15) is 21.3 Å². The number of aromatic carboxylic acids is 1. The fraction of sp³-hybridized carbons (Fsp3) is 0.600. The molecular weight excluding hydrogens is 791 g/mol. The largest absolute Gasteiger partial charge is 1.00 e. The summed E-state index contributed by atoms with van der Waals surface area (Å²) < 4.78 is 85.5. The Morgan fingerprint density at radius 2 is 1.18 bits per heavy atom. The summed E-state index contributed by atoms with van der Waals surface area (Å²) in [6, 6.07) is 8.01. The van der Waals surface area contributed by atoms with Gasteiger partial charge in [0.2, 0.25) is 20.0 Å². The molecule has 2 aromatic rings. The molecule has 3 unspecified atom stereocenters. The van der Waals surface area contributed by atoms with Crippen LogP contribution in [0, 0.1) is 0 Å². The molecule has 0 spiro atoms. The molecule has 57 heavy (non-hydrogen) atoms. The third-order valence-electron chi connectivity index (χ3n) is 8.75. The molecule has 2 aliphatic carbocycles. The van der Waals surface area contributed by atoms with Gasteiger partial charge in [-0.3, -0.25) is 0 Å². The van der Waals surface area contributed by atoms with Gasteiger partial charge in [0.25, 0.3) is 0 Å². The van der Waals surface area contributed by atoms with Crippen molar-refractivity contribution in [3.8, 4) is 11.5 Å². The summed E-state index contributed by atoms with van der Waals surface area (Å²) in [5.41, 5.74) is -0.0146. The van der Waals surface area contributed by atoms with Crippen LogP contribution in [-0.4, -0.2) is 160 Å². The number of aliphatic hydroxyl groups excluding tert-OH is 3. The second-order valence-electron chi connectivity index (χ2n) is 13.4. The number of carboxylic acids is 1. The average molecular weight is 841 g/mol. The zero-order valence-corrected chi connectivity index (χ0v) is 33.4. The fourth-order valence-corrected chi connectivity index (χ4v) is 8.74. The van der Waals surface area contributed by atoms with Crippen molar-refractivity contribution < 1.29 is 99.6 Å². The number of aliphatic hydroxyl groups is 3. The van der Waals surface area contributed by atoms with E-state index in [-0.39, 0.29) is 122 Å². The van der Waals surface area contributed by atoms with Crippen molar-refractivity contribution in [2.24, 2.45) is 0 Å². The number of carbonyl (C=O) groups excluding carboxylic acids is 1. The normalized spacial score (nSPS) is 23.0. The van der Waals surface area contributed by atoms with Gasteiger partial charge in [-0.15, -0.1) is 0 Å². The fourth-order valence-electron chi connectivity index (χ4n) is 5.53. The second kappa shape index (κ2) is 21.9. The molecule has 3 atom stereocenters. The van der Waals surface area contributed by atoms with Crippen molar-refractivity contribution in [2.75, 3.05) is 66.3 Å². The van der Waals surface area contributed by atoms with Crippen molar-refractivity contribution >= 4 is 32.0 Å². The standard InChI is InChI=1S/C16H21NO7S.C15H19NO7S.C4H8O2.Li.H2O/c1-22-16(19)11-2-5-14(24-13-3-4-13)15(8-11)25(20,21)17-6-7-23-10-12(18)9-17;17-11-8-16(5-6-22-9-11)24(20,21)14-7-10(15(18)19)1-4-13(14)23-12-2-3-12;5-4-2-1-3-6-4;;/h2,5,8,12-13,18H,3-4,6-7,9-10H2,1H3;1,4,7,11-12,17H,2-3,5-6,8-9H2,(H,18,19);4-5H,1-3H2;;1H2/q;;;+1;/p-1. The van der Waals surface area contributed by atoms with E-state index in [0.29, 0.717) is 0 Å². The van der Waals surface area contributed by atoms with Gasteiger partial charge in [0.15, 0.2) is 6.29 Å². The molecule has 2 aromatic carbocycles. The first-order valence-electron chi connectivity index (χ1n) is 17.9. The van der Waals surface area contributed by atoms with Crippen LogP contribution in [0.4, 0.5) is 0 Å². The third kappa shape index (κ3) is 13.8. The van der Waals surface area contributed by atoms with E-state index >= 15 is 0 Å². The number of benzene rings is 2. The molecule has 3 saturated heterocycles. The maximum Gasteiger partial charge on any atom is 1.00 e. The summed E-state index contributed by atoms with van der Waals surface area (Å²) in [6.07, 6.45) is 2.93. The van der Waals surface area contributed by atoms with E-state index in [9.17, 15) is 36.6 Å². The predicted molar refractivity (Wildman–Crippen MR) is 193 cm³/mol. The van der Waals surface area contributed by atoms with Crippen molar-refractivity contribution in [3.63, 3.8) is 0 Å². The number of carboxylic acid groups (broad SMARTS) is 1.